The number of carbonyl (C=O) groups excluding carboxylic acids is 1. The molecule has 0 aromatic carbocycles. The van der Waals surface area contributed by atoms with Gasteiger partial charge in [-0.05, 0) is 31.6 Å². The highest BCUT2D eigenvalue weighted by atomic mass is 16.3. The van der Waals surface area contributed by atoms with Crippen molar-refractivity contribution in [3.8, 4) is 0 Å². The summed E-state index contributed by atoms with van der Waals surface area (Å²) in [5.74, 6) is 0.611. The van der Waals surface area contributed by atoms with Gasteiger partial charge in [0.25, 0.3) is 0 Å². The standard InChI is InChI=1S/C16H31N3O2/c1-13(21)17-7-8-19-11-14(6-9-20)10-16(12-19)18-15-4-2-3-5-15/h14-16,18,20H,2-12H2,1H3,(H,17,21). The maximum absolute atomic E-state index is 11.0. The second-order valence-electron chi connectivity index (χ2n) is 6.70. The lowest BCUT2D eigenvalue weighted by Crippen LogP contribution is -2.52. The van der Waals surface area contributed by atoms with E-state index in [4.69, 9.17) is 0 Å². The quantitative estimate of drug-likeness (QED) is 0.648. The zero-order chi connectivity index (χ0) is 15.1. The molecule has 2 rings (SSSR count). The van der Waals surface area contributed by atoms with E-state index in [2.05, 4.69) is 15.5 Å². The number of nitrogens with one attached hydrogen (secondary N) is 2. The summed E-state index contributed by atoms with van der Waals surface area (Å²) in [7, 11) is 0. The molecule has 5 nitrogen and oxygen atoms in total. The van der Waals surface area contributed by atoms with Crippen molar-refractivity contribution in [3.05, 3.63) is 0 Å². The lowest BCUT2D eigenvalue weighted by molar-refractivity contribution is -0.119. The van der Waals surface area contributed by atoms with Crippen LogP contribution in [0.3, 0.4) is 0 Å². The van der Waals surface area contributed by atoms with E-state index in [0.717, 1.165) is 32.6 Å². The van der Waals surface area contributed by atoms with Crippen molar-refractivity contribution in [2.75, 3.05) is 32.8 Å². The van der Waals surface area contributed by atoms with Crippen LogP contribution in [0.5, 0.6) is 0 Å². The molecule has 1 saturated carbocycles. The predicted octanol–water partition coefficient (Wildman–Crippen LogP) is 0.728. The van der Waals surface area contributed by atoms with Gasteiger partial charge in [0.1, 0.15) is 0 Å². The number of hydrogen-bond donors (Lipinski definition) is 3. The monoisotopic (exact) mass is 297 g/mol. The summed E-state index contributed by atoms with van der Waals surface area (Å²) >= 11 is 0. The Bertz CT molecular complexity index is 319. The summed E-state index contributed by atoms with van der Waals surface area (Å²) in [5.41, 5.74) is 0. The zero-order valence-corrected chi connectivity index (χ0v) is 13.3. The summed E-state index contributed by atoms with van der Waals surface area (Å²) in [4.78, 5) is 13.4. The van der Waals surface area contributed by atoms with Crippen molar-refractivity contribution in [1.82, 2.24) is 15.5 Å². The summed E-state index contributed by atoms with van der Waals surface area (Å²) in [5, 5.41) is 15.9. The van der Waals surface area contributed by atoms with Crippen LogP contribution in [0, 0.1) is 5.92 Å². The number of amides is 1. The molecule has 2 aliphatic rings. The Morgan fingerprint density at radius 3 is 2.67 bits per heavy atom. The number of hydrogen-bond acceptors (Lipinski definition) is 4. The average molecular weight is 297 g/mol. The summed E-state index contributed by atoms with van der Waals surface area (Å²) in [6, 6.07) is 1.23. The van der Waals surface area contributed by atoms with Crippen molar-refractivity contribution in [2.45, 2.75) is 57.5 Å². The van der Waals surface area contributed by atoms with Crippen LogP contribution in [0.2, 0.25) is 0 Å². The Hall–Kier alpha value is -0.650. The van der Waals surface area contributed by atoms with E-state index in [-0.39, 0.29) is 12.5 Å². The van der Waals surface area contributed by atoms with E-state index in [9.17, 15) is 9.90 Å². The predicted molar refractivity (Wildman–Crippen MR) is 84.1 cm³/mol. The topological polar surface area (TPSA) is 64.6 Å². The Morgan fingerprint density at radius 2 is 2.00 bits per heavy atom. The molecule has 3 N–H and O–H groups in total. The molecule has 0 aromatic heterocycles. The molecule has 1 amide bonds. The number of nitrogens with zero attached hydrogens (tertiary/aromatic N) is 1. The van der Waals surface area contributed by atoms with Gasteiger partial charge in [-0.25, -0.2) is 0 Å². The third-order valence-corrected chi connectivity index (χ3v) is 4.78. The first-order valence-corrected chi connectivity index (χ1v) is 8.51. The van der Waals surface area contributed by atoms with Crippen molar-refractivity contribution >= 4 is 5.91 Å². The molecule has 2 unspecified atom stereocenters. The van der Waals surface area contributed by atoms with E-state index in [1.54, 1.807) is 6.92 Å². The van der Waals surface area contributed by atoms with Crippen molar-refractivity contribution in [1.29, 1.82) is 0 Å². The average Bonchev–Trinajstić information content (AvgIpc) is 2.91. The van der Waals surface area contributed by atoms with Crippen LogP contribution >= 0.6 is 0 Å². The normalized spacial score (nSPS) is 27.9. The van der Waals surface area contributed by atoms with Crippen molar-refractivity contribution < 1.29 is 9.90 Å². The number of piperidine rings is 1. The number of likely N-dealkylation sites (tertiary alicyclic amines) is 1. The molecule has 122 valence electrons. The van der Waals surface area contributed by atoms with Crippen LogP contribution in [0.25, 0.3) is 0 Å². The lowest BCUT2D eigenvalue weighted by Gasteiger charge is -2.39. The first kappa shape index (κ1) is 16.7. The fourth-order valence-electron chi connectivity index (χ4n) is 3.81. The molecule has 0 aromatic rings. The van der Waals surface area contributed by atoms with Gasteiger partial charge in [0, 0.05) is 51.8 Å². The minimum Gasteiger partial charge on any atom is -0.396 e. The van der Waals surface area contributed by atoms with Crippen LogP contribution in [-0.4, -0.2) is 60.8 Å². The van der Waals surface area contributed by atoms with Gasteiger partial charge in [-0.1, -0.05) is 12.8 Å². The summed E-state index contributed by atoms with van der Waals surface area (Å²) < 4.78 is 0. The summed E-state index contributed by atoms with van der Waals surface area (Å²) in [6.07, 6.45) is 7.40. The highest BCUT2D eigenvalue weighted by molar-refractivity contribution is 5.72. The van der Waals surface area contributed by atoms with Crippen LogP contribution in [0.15, 0.2) is 0 Å². The highest BCUT2D eigenvalue weighted by Gasteiger charge is 2.28. The molecule has 0 spiro atoms. The Kier molecular flexibility index (Phi) is 6.93. The van der Waals surface area contributed by atoms with E-state index in [0.29, 0.717) is 18.0 Å². The van der Waals surface area contributed by atoms with E-state index in [1.807, 2.05) is 0 Å². The molecule has 1 aliphatic heterocycles. The Morgan fingerprint density at radius 1 is 1.24 bits per heavy atom. The molecule has 1 aliphatic carbocycles. The fraction of sp³-hybridized carbons (Fsp3) is 0.938. The number of carbonyl (C=O) groups is 1. The molecular weight excluding hydrogens is 266 g/mol. The van der Waals surface area contributed by atoms with Gasteiger partial charge in [0.15, 0.2) is 0 Å². The van der Waals surface area contributed by atoms with Crippen LogP contribution in [-0.2, 0) is 4.79 Å². The minimum atomic E-state index is 0.0412. The van der Waals surface area contributed by atoms with Gasteiger partial charge < -0.3 is 15.7 Å². The minimum absolute atomic E-state index is 0.0412. The molecule has 5 heteroatoms. The van der Waals surface area contributed by atoms with Gasteiger partial charge in [0.05, 0.1) is 0 Å². The van der Waals surface area contributed by atoms with E-state index < -0.39 is 0 Å². The third kappa shape index (κ3) is 5.93. The van der Waals surface area contributed by atoms with Crippen molar-refractivity contribution in [3.63, 3.8) is 0 Å². The summed E-state index contributed by atoms with van der Waals surface area (Å²) in [6.45, 7) is 5.58. The SMILES string of the molecule is CC(=O)NCCN1CC(CCO)CC(NC2CCCC2)C1. The van der Waals surface area contributed by atoms with Gasteiger partial charge in [-0.2, -0.15) is 0 Å². The molecule has 21 heavy (non-hydrogen) atoms. The van der Waals surface area contributed by atoms with Gasteiger partial charge in [-0.3, -0.25) is 9.69 Å². The van der Waals surface area contributed by atoms with Crippen LogP contribution < -0.4 is 10.6 Å². The first-order valence-electron chi connectivity index (χ1n) is 8.51. The van der Waals surface area contributed by atoms with Gasteiger partial charge in [0.2, 0.25) is 5.91 Å². The molecule has 1 heterocycles. The second kappa shape index (κ2) is 8.71. The van der Waals surface area contributed by atoms with Crippen molar-refractivity contribution in [2.24, 2.45) is 5.92 Å². The Labute approximate surface area is 128 Å². The third-order valence-electron chi connectivity index (χ3n) is 4.78. The Balaban J connectivity index is 1.80. The van der Waals surface area contributed by atoms with Gasteiger partial charge >= 0.3 is 0 Å². The molecule has 0 bridgehead atoms. The second-order valence-corrected chi connectivity index (χ2v) is 6.70. The molecule has 2 atom stereocenters. The zero-order valence-electron chi connectivity index (χ0n) is 13.3. The maximum atomic E-state index is 11.0. The number of aliphatic hydroxyl groups excluding tert-OH is 1. The van der Waals surface area contributed by atoms with E-state index >= 15 is 0 Å². The fourth-order valence-corrected chi connectivity index (χ4v) is 3.81. The molecule has 1 saturated heterocycles. The highest BCUT2D eigenvalue weighted by Crippen LogP contribution is 2.23. The molecular formula is C16H31N3O2. The van der Waals surface area contributed by atoms with Crippen LogP contribution in [0.4, 0.5) is 0 Å². The number of rotatable bonds is 7. The lowest BCUT2D eigenvalue weighted by atomic mass is 9.91. The van der Waals surface area contributed by atoms with E-state index in [1.165, 1.54) is 32.1 Å². The van der Waals surface area contributed by atoms with Crippen LogP contribution in [0.1, 0.15) is 45.4 Å². The smallest absolute Gasteiger partial charge is 0.216 e. The first-order chi connectivity index (χ1) is 10.2. The maximum Gasteiger partial charge on any atom is 0.216 e. The molecule has 2 fully saturated rings. The molecule has 0 radical (unpaired) electrons. The largest absolute Gasteiger partial charge is 0.396 e. The number of aliphatic hydroxyl groups is 1. The van der Waals surface area contributed by atoms with Gasteiger partial charge in [-0.15, -0.1) is 0 Å².